The number of aryl methyl sites for hydroxylation is 3. The molecule has 0 spiro atoms. The third kappa shape index (κ3) is 3.70. The average Bonchev–Trinajstić information content (AvgIpc) is 3.13. The number of nitrogens with one attached hydrogen (secondary N) is 1. The lowest BCUT2D eigenvalue weighted by atomic mass is 9.99. The van der Waals surface area contributed by atoms with Crippen molar-refractivity contribution in [3.05, 3.63) is 34.6 Å². The van der Waals surface area contributed by atoms with Gasteiger partial charge in [-0.2, -0.15) is 0 Å². The third-order valence-corrected chi connectivity index (χ3v) is 5.69. The molecule has 1 fully saturated rings. The molecule has 5 nitrogen and oxygen atoms in total. The van der Waals surface area contributed by atoms with E-state index in [0.717, 1.165) is 36.6 Å². The molecule has 6 heteroatoms. The van der Waals surface area contributed by atoms with Crippen LogP contribution in [0.2, 0.25) is 0 Å². The zero-order valence-corrected chi connectivity index (χ0v) is 15.5. The first kappa shape index (κ1) is 17.2. The normalized spacial score (nSPS) is 18.7. The minimum atomic E-state index is 0.0347. The van der Waals surface area contributed by atoms with Crippen LogP contribution < -0.4 is 5.32 Å². The predicted molar refractivity (Wildman–Crippen MR) is 98.4 cm³/mol. The van der Waals surface area contributed by atoms with Crippen molar-refractivity contribution in [2.24, 2.45) is 7.05 Å². The Hall–Kier alpha value is -1.66. The van der Waals surface area contributed by atoms with Gasteiger partial charge >= 0.3 is 0 Å². The minimum absolute atomic E-state index is 0.0347. The summed E-state index contributed by atoms with van der Waals surface area (Å²) in [6.45, 7) is 5.55. The van der Waals surface area contributed by atoms with E-state index in [4.69, 9.17) is 0 Å². The first-order valence-electron chi connectivity index (χ1n) is 8.70. The van der Waals surface area contributed by atoms with Crippen molar-refractivity contribution in [3.63, 3.8) is 0 Å². The molecule has 1 aliphatic heterocycles. The van der Waals surface area contributed by atoms with Crippen molar-refractivity contribution in [2.45, 2.75) is 45.6 Å². The molecule has 0 bridgehead atoms. The number of amides is 1. The van der Waals surface area contributed by atoms with Gasteiger partial charge in [-0.1, -0.05) is 13.3 Å². The topological polar surface area (TPSA) is 50.2 Å². The molecule has 3 heterocycles. The van der Waals surface area contributed by atoms with E-state index in [9.17, 15) is 4.79 Å². The Kier molecular flexibility index (Phi) is 5.36. The zero-order valence-electron chi connectivity index (χ0n) is 14.7. The number of carbonyl (C=O) groups excluding carboxylic acids is 1. The smallest absolute Gasteiger partial charge is 0.240 e. The Morgan fingerprint density at radius 3 is 2.96 bits per heavy atom. The van der Waals surface area contributed by atoms with Crippen molar-refractivity contribution >= 4 is 22.4 Å². The summed E-state index contributed by atoms with van der Waals surface area (Å²) in [5.74, 6) is 0.0347. The van der Waals surface area contributed by atoms with Gasteiger partial charge in [0.2, 0.25) is 5.91 Å². The first-order valence-corrected chi connectivity index (χ1v) is 9.51. The van der Waals surface area contributed by atoms with Gasteiger partial charge in [-0.15, -0.1) is 11.3 Å². The Morgan fingerprint density at radius 2 is 2.29 bits per heavy atom. The monoisotopic (exact) mass is 346 g/mol. The van der Waals surface area contributed by atoms with Crippen LogP contribution in [0.25, 0.3) is 0 Å². The highest BCUT2D eigenvalue weighted by molar-refractivity contribution is 7.15. The second-order valence-corrected chi connectivity index (χ2v) is 7.65. The molecule has 0 aliphatic carbocycles. The molecule has 0 radical (unpaired) electrons. The Bertz CT molecular complexity index is 706. The third-order valence-electron chi connectivity index (χ3n) is 4.76. The quantitative estimate of drug-likeness (QED) is 0.901. The summed E-state index contributed by atoms with van der Waals surface area (Å²) in [6.07, 6.45) is 6.47. The molecule has 1 amide bonds. The molecule has 0 saturated carbocycles. The van der Waals surface area contributed by atoms with E-state index in [0.29, 0.717) is 12.6 Å². The predicted octanol–water partition coefficient (Wildman–Crippen LogP) is 3.52. The molecule has 24 heavy (non-hydrogen) atoms. The Morgan fingerprint density at radius 1 is 1.46 bits per heavy atom. The fraction of sp³-hybridized carbons (Fsp3) is 0.556. The van der Waals surface area contributed by atoms with Crippen molar-refractivity contribution in [1.82, 2.24) is 14.5 Å². The highest BCUT2D eigenvalue weighted by Gasteiger charge is 2.27. The van der Waals surface area contributed by atoms with Gasteiger partial charge in [0.1, 0.15) is 0 Å². The van der Waals surface area contributed by atoms with Gasteiger partial charge in [0, 0.05) is 23.8 Å². The Balaban J connectivity index is 1.66. The van der Waals surface area contributed by atoms with Crippen molar-refractivity contribution in [1.29, 1.82) is 0 Å². The molecule has 1 atom stereocenters. The van der Waals surface area contributed by atoms with Crippen LogP contribution in [0.15, 0.2) is 18.3 Å². The number of nitrogens with zero attached hydrogens (tertiary/aromatic N) is 3. The van der Waals surface area contributed by atoms with E-state index < -0.39 is 0 Å². The minimum Gasteiger partial charge on any atom is -0.353 e. The van der Waals surface area contributed by atoms with Crippen LogP contribution in [0.3, 0.4) is 0 Å². The molecule has 0 aromatic carbocycles. The summed E-state index contributed by atoms with van der Waals surface area (Å²) < 4.78 is 2.17. The van der Waals surface area contributed by atoms with Gasteiger partial charge in [-0.3, -0.25) is 9.69 Å². The van der Waals surface area contributed by atoms with E-state index in [-0.39, 0.29) is 5.91 Å². The van der Waals surface area contributed by atoms with Gasteiger partial charge < -0.3 is 9.88 Å². The highest BCUT2D eigenvalue weighted by atomic mass is 32.1. The molecule has 1 N–H and O–H groups in total. The van der Waals surface area contributed by atoms with Crippen molar-refractivity contribution < 1.29 is 4.79 Å². The maximum atomic E-state index is 12.5. The van der Waals surface area contributed by atoms with Gasteiger partial charge in [0.15, 0.2) is 5.13 Å². The van der Waals surface area contributed by atoms with Crippen LogP contribution in [0, 0.1) is 6.92 Å². The molecule has 2 aromatic rings. The van der Waals surface area contributed by atoms with Crippen LogP contribution in [0.5, 0.6) is 0 Å². The summed E-state index contributed by atoms with van der Waals surface area (Å²) >= 11 is 1.56. The highest BCUT2D eigenvalue weighted by Crippen LogP contribution is 2.30. The fourth-order valence-corrected chi connectivity index (χ4v) is 4.41. The molecule has 1 saturated heterocycles. The number of likely N-dealkylation sites (tertiary alicyclic amines) is 1. The molecule has 2 aromatic heterocycles. The van der Waals surface area contributed by atoms with Gasteiger partial charge in [0.25, 0.3) is 0 Å². The summed E-state index contributed by atoms with van der Waals surface area (Å²) in [5, 5.41) is 3.71. The summed E-state index contributed by atoms with van der Waals surface area (Å²) in [5.41, 5.74) is 2.37. The first-order chi connectivity index (χ1) is 11.6. The molecule has 3 rings (SSSR count). The maximum Gasteiger partial charge on any atom is 0.240 e. The van der Waals surface area contributed by atoms with Gasteiger partial charge in [0.05, 0.1) is 18.3 Å². The molecular formula is C18H26N4OS. The molecule has 1 aliphatic rings. The number of piperidine rings is 1. The summed E-state index contributed by atoms with van der Waals surface area (Å²) in [7, 11) is 2.08. The number of hydrogen-bond donors (Lipinski definition) is 1. The number of anilines is 1. The zero-order chi connectivity index (χ0) is 17.1. The number of rotatable bonds is 5. The lowest BCUT2D eigenvalue weighted by molar-refractivity contribution is -0.118. The number of hydrogen-bond acceptors (Lipinski definition) is 4. The van der Waals surface area contributed by atoms with E-state index in [1.54, 1.807) is 11.3 Å². The molecular weight excluding hydrogens is 320 g/mol. The summed E-state index contributed by atoms with van der Waals surface area (Å²) in [4.78, 5) is 20.5. The maximum absolute atomic E-state index is 12.5. The number of aromatic nitrogens is 2. The van der Waals surface area contributed by atoms with Crippen LogP contribution in [-0.4, -0.2) is 33.4 Å². The van der Waals surface area contributed by atoms with E-state index in [1.807, 2.05) is 0 Å². The van der Waals surface area contributed by atoms with Crippen molar-refractivity contribution in [2.75, 3.05) is 18.4 Å². The number of carbonyl (C=O) groups is 1. The average molecular weight is 346 g/mol. The summed E-state index contributed by atoms with van der Waals surface area (Å²) in [6, 6.07) is 4.57. The standard InChI is InChI=1S/C18H26N4OS/c1-4-14-13(2)24-18(19-14)20-17(23)12-22-11-6-5-8-16(22)15-9-7-10-21(15)3/h7,9-10,16H,4-6,8,11-12H2,1-3H3,(H,19,20,23). The second kappa shape index (κ2) is 7.49. The lowest BCUT2D eigenvalue weighted by Crippen LogP contribution is -2.39. The van der Waals surface area contributed by atoms with Crippen molar-refractivity contribution in [3.8, 4) is 0 Å². The number of thiazole rings is 1. The molecule has 130 valence electrons. The van der Waals surface area contributed by atoms with Crippen LogP contribution in [0.4, 0.5) is 5.13 Å². The Labute approximate surface area is 147 Å². The van der Waals surface area contributed by atoms with Crippen LogP contribution in [-0.2, 0) is 18.3 Å². The largest absolute Gasteiger partial charge is 0.353 e. The fourth-order valence-electron chi connectivity index (χ4n) is 3.49. The second-order valence-electron chi connectivity index (χ2n) is 6.45. The van der Waals surface area contributed by atoms with Crippen LogP contribution in [0.1, 0.15) is 48.5 Å². The van der Waals surface area contributed by atoms with Gasteiger partial charge in [-0.25, -0.2) is 4.98 Å². The van der Waals surface area contributed by atoms with E-state index >= 15 is 0 Å². The lowest BCUT2D eigenvalue weighted by Gasteiger charge is -2.35. The SMILES string of the molecule is CCc1nc(NC(=O)CN2CCCCC2c2cccn2C)sc1C. The van der Waals surface area contributed by atoms with E-state index in [1.165, 1.54) is 17.0 Å². The molecule has 1 unspecified atom stereocenters. The van der Waals surface area contributed by atoms with E-state index in [2.05, 4.69) is 59.0 Å². The van der Waals surface area contributed by atoms with Crippen LogP contribution >= 0.6 is 11.3 Å². The van der Waals surface area contributed by atoms with Gasteiger partial charge in [-0.05, 0) is 44.9 Å².